The van der Waals surface area contributed by atoms with E-state index in [0.29, 0.717) is 36.0 Å². The van der Waals surface area contributed by atoms with Gasteiger partial charge < -0.3 is 14.2 Å². The number of rotatable bonds is 3. The standard InChI is InChI=1S/C21H20N2O4/c24-20-16-6-7-18-17(12-23(13-26-18)11-15-5-3-9-25-15)21(16)27-19(20)10-14-4-1-2-8-22-14/h1-2,4,6-8,10,15H,3,5,9,11-13H2/b19-10-. The molecule has 0 N–H and O–H groups in total. The first-order valence-corrected chi connectivity index (χ1v) is 9.26. The van der Waals surface area contributed by atoms with E-state index in [1.54, 1.807) is 18.3 Å². The summed E-state index contributed by atoms with van der Waals surface area (Å²) in [4.78, 5) is 19.2. The molecule has 1 atom stereocenters. The van der Waals surface area contributed by atoms with E-state index in [2.05, 4.69) is 9.88 Å². The average Bonchev–Trinajstić information content (AvgIpc) is 3.31. The molecule has 3 aliphatic rings. The smallest absolute Gasteiger partial charge is 0.232 e. The molecular weight excluding hydrogens is 344 g/mol. The molecule has 0 spiro atoms. The third-order valence-electron chi connectivity index (χ3n) is 5.13. The average molecular weight is 364 g/mol. The molecule has 2 aromatic rings. The van der Waals surface area contributed by atoms with Crippen LogP contribution in [0.3, 0.4) is 0 Å². The zero-order valence-corrected chi connectivity index (χ0v) is 14.9. The second-order valence-electron chi connectivity index (χ2n) is 7.03. The van der Waals surface area contributed by atoms with Crippen molar-refractivity contribution in [2.45, 2.75) is 25.5 Å². The summed E-state index contributed by atoms with van der Waals surface area (Å²) >= 11 is 0. The lowest BCUT2D eigenvalue weighted by Crippen LogP contribution is -2.37. The van der Waals surface area contributed by atoms with Crippen LogP contribution in [0.4, 0.5) is 0 Å². The number of carbonyl (C=O) groups excluding carboxylic acids is 1. The largest absolute Gasteiger partial charge is 0.478 e. The molecule has 1 fully saturated rings. The molecule has 0 aliphatic carbocycles. The quantitative estimate of drug-likeness (QED) is 0.781. The van der Waals surface area contributed by atoms with Gasteiger partial charge in [-0.2, -0.15) is 0 Å². The van der Waals surface area contributed by atoms with Gasteiger partial charge in [-0.3, -0.25) is 14.7 Å². The molecule has 27 heavy (non-hydrogen) atoms. The summed E-state index contributed by atoms with van der Waals surface area (Å²) in [6, 6.07) is 9.21. The number of pyridine rings is 1. The number of aromatic nitrogens is 1. The first-order chi connectivity index (χ1) is 13.3. The lowest BCUT2D eigenvalue weighted by Gasteiger charge is -2.31. The molecule has 3 aliphatic heterocycles. The molecule has 6 heteroatoms. The maximum atomic E-state index is 12.8. The highest BCUT2D eigenvalue weighted by Gasteiger charge is 2.34. The fraction of sp³-hybridized carbons (Fsp3) is 0.333. The van der Waals surface area contributed by atoms with Crippen molar-refractivity contribution in [1.29, 1.82) is 0 Å². The second-order valence-corrected chi connectivity index (χ2v) is 7.03. The fourth-order valence-electron chi connectivity index (χ4n) is 3.79. The van der Waals surface area contributed by atoms with Gasteiger partial charge in [0.05, 0.1) is 22.9 Å². The number of ketones is 1. The van der Waals surface area contributed by atoms with Crippen molar-refractivity contribution >= 4 is 11.9 Å². The van der Waals surface area contributed by atoms with Gasteiger partial charge in [-0.15, -0.1) is 0 Å². The molecular formula is C21H20N2O4. The van der Waals surface area contributed by atoms with Gasteiger partial charge in [0.15, 0.2) is 5.76 Å². The van der Waals surface area contributed by atoms with Crippen LogP contribution in [-0.2, 0) is 11.3 Å². The normalized spacial score (nSPS) is 23.0. The van der Waals surface area contributed by atoms with E-state index >= 15 is 0 Å². The highest BCUT2D eigenvalue weighted by molar-refractivity contribution is 6.14. The molecule has 5 rings (SSSR count). The van der Waals surface area contributed by atoms with E-state index < -0.39 is 0 Å². The van der Waals surface area contributed by atoms with Crippen LogP contribution in [0.1, 0.15) is 34.5 Å². The van der Waals surface area contributed by atoms with E-state index in [4.69, 9.17) is 14.2 Å². The van der Waals surface area contributed by atoms with Crippen LogP contribution in [0.25, 0.3) is 6.08 Å². The minimum absolute atomic E-state index is 0.116. The van der Waals surface area contributed by atoms with E-state index in [-0.39, 0.29) is 11.9 Å². The van der Waals surface area contributed by atoms with Crippen molar-refractivity contribution in [2.75, 3.05) is 19.9 Å². The molecule has 0 amide bonds. The number of carbonyl (C=O) groups is 1. The van der Waals surface area contributed by atoms with Gasteiger partial charge in [0, 0.05) is 32.0 Å². The maximum absolute atomic E-state index is 12.8. The lowest BCUT2D eigenvalue weighted by molar-refractivity contribution is 0.0274. The number of benzene rings is 1. The van der Waals surface area contributed by atoms with Crippen molar-refractivity contribution in [3.8, 4) is 11.5 Å². The molecule has 4 heterocycles. The van der Waals surface area contributed by atoms with Crippen LogP contribution < -0.4 is 9.47 Å². The first-order valence-electron chi connectivity index (χ1n) is 9.26. The van der Waals surface area contributed by atoms with Gasteiger partial charge in [0.2, 0.25) is 5.78 Å². The lowest BCUT2D eigenvalue weighted by atomic mass is 10.0. The number of hydrogen-bond donors (Lipinski definition) is 0. The third kappa shape index (κ3) is 3.11. The van der Waals surface area contributed by atoms with Crippen molar-refractivity contribution in [3.05, 3.63) is 59.1 Å². The molecule has 0 radical (unpaired) electrons. The monoisotopic (exact) mass is 364 g/mol. The second kappa shape index (κ2) is 6.79. The molecule has 1 saturated heterocycles. The van der Waals surface area contributed by atoms with Crippen molar-refractivity contribution < 1.29 is 19.0 Å². The van der Waals surface area contributed by atoms with Gasteiger partial charge in [-0.05, 0) is 37.1 Å². The number of ether oxygens (including phenoxy) is 3. The molecule has 1 unspecified atom stereocenters. The zero-order valence-electron chi connectivity index (χ0n) is 14.9. The van der Waals surface area contributed by atoms with Crippen molar-refractivity contribution in [1.82, 2.24) is 9.88 Å². The van der Waals surface area contributed by atoms with Crippen LogP contribution in [0, 0.1) is 0 Å². The summed E-state index contributed by atoms with van der Waals surface area (Å²) in [6.45, 7) is 2.87. The first kappa shape index (κ1) is 16.5. The zero-order chi connectivity index (χ0) is 18.2. The Hall–Kier alpha value is -2.70. The predicted octanol–water partition coefficient (Wildman–Crippen LogP) is 3.03. The molecule has 0 bridgehead atoms. The highest BCUT2D eigenvalue weighted by atomic mass is 16.5. The van der Waals surface area contributed by atoms with Crippen LogP contribution in [0.15, 0.2) is 42.3 Å². The number of hydrogen-bond acceptors (Lipinski definition) is 6. The summed E-state index contributed by atoms with van der Waals surface area (Å²) in [5.41, 5.74) is 2.20. The van der Waals surface area contributed by atoms with Crippen molar-refractivity contribution in [3.63, 3.8) is 0 Å². The van der Waals surface area contributed by atoms with Gasteiger partial charge in [-0.1, -0.05) is 6.07 Å². The molecule has 138 valence electrons. The maximum Gasteiger partial charge on any atom is 0.232 e. The Bertz CT molecular complexity index is 904. The minimum Gasteiger partial charge on any atom is -0.478 e. The molecule has 0 saturated carbocycles. The number of fused-ring (bicyclic) bond motifs is 3. The summed E-state index contributed by atoms with van der Waals surface area (Å²) < 4.78 is 17.6. The van der Waals surface area contributed by atoms with Crippen LogP contribution in [0.5, 0.6) is 11.5 Å². The molecule has 6 nitrogen and oxygen atoms in total. The Morgan fingerprint density at radius 2 is 2.22 bits per heavy atom. The summed E-state index contributed by atoms with van der Waals surface area (Å²) in [5, 5.41) is 0. The SMILES string of the molecule is O=C1/C(=C/c2ccccn2)Oc2c1ccc1c2CN(CC2CCCO2)CO1. The van der Waals surface area contributed by atoms with E-state index in [0.717, 1.165) is 37.3 Å². The number of allylic oxidation sites excluding steroid dienone is 1. The van der Waals surface area contributed by atoms with Gasteiger partial charge in [0.25, 0.3) is 0 Å². The third-order valence-corrected chi connectivity index (χ3v) is 5.13. The van der Waals surface area contributed by atoms with Gasteiger partial charge >= 0.3 is 0 Å². The van der Waals surface area contributed by atoms with Crippen LogP contribution >= 0.6 is 0 Å². The Morgan fingerprint density at radius 1 is 1.26 bits per heavy atom. The number of nitrogens with zero attached hydrogens (tertiary/aromatic N) is 2. The Kier molecular flexibility index (Phi) is 4.14. The van der Waals surface area contributed by atoms with E-state index in [9.17, 15) is 4.79 Å². The van der Waals surface area contributed by atoms with Gasteiger partial charge in [0.1, 0.15) is 18.2 Å². The summed E-state index contributed by atoms with van der Waals surface area (Å²) in [7, 11) is 0. The number of Topliss-reactive ketones (excluding diaryl/α,β-unsaturated/α-hetero) is 1. The molecule has 1 aromatic carbocycles. The van der Waals surface area contributed by atoms with Crippen LogP contribution in [0.2, 0.25) is 0 Å². The van der Waals surface area contributed by atoms with Crippen LogP contribution in [-0.4, -0.2) is 41.7 Å². The van der Waals surface area contributed by atoms with E-state index in [1.165, 1.54) is 0 Å². The topological polar surface area (TPSA) is 60.9 Å². The fourth-order valence-corrected chi connectivity index (χ4v) is 3.79. The summed E-state index contributed by atoms with van der Waals surface area (Å²) in [5.74, 6) is 1.57. The van der Waals surface area contributed by atoms with Gasteiger partial charge in [-0.25, -0.2) is 0 Å². The molecule has 1 aromatic heterocycles. The summed E-state index contributed by atoms with van der Waals surface area (Å²) in [6.07, 6.45) is 5.83. The highest BCUT2D eigenvalue weighted by Crippen LogP contribution is 2.42. The van der Waals surface area contributed by atoms with E-state index in [1.807, 2.05) is 24.3 Å². The minimum atomic E-state index is -0.116. The Morgan fingerprint density at radius 3 is 3.04 bits per heavy atom. The Balaban J connectivity index is 1.42. The van der Waals surface area contributed by atoms with Crippen molar-refractivity contribution in [2.24, 2.45) is 0 Å². The Labute approximate surface area is 157 Å². The predicted molar refractivity (Wildman–Crippen MR) is 98.5 cm³/mol.